The molecule has 0 radical (unpaired) electrons. The zero-order valence-electron chi connectivity index (χ0n) is 7.43. The monoisotopic (exact) mass is 213 g/mol. The number of hydrogen-bond acceptors (Lipinski definition) is 7. The van der Waals surface area contributed by atoms with Crippen LogP contribution in [0.25, 0.3) is 0 Å². The number of carboxylic acid groups (broad SMARTS) is 1. The molecule has 1 atom stereocenters. The van der Waals surface area contributed by atoms with E-state index in [9.17, 15) is 9.90 Å². The lowest BCUT2D eigenvalue weighted by molar-refractivity contribution is -0.304. The second-order valence-electron chi connectivity index (χ2n) is 2.58. The number of nitrogen functional groups attached to an aromatic ring is 2. The molecule has 1 unspecified atom stereocenters. The molecule has 7 heteroatoms. The predicted molar refractivity (Wildman–Crippen MR) is 51.2 cm³/mol. The summed E-state index contributed by atoms with van der Waals surface area (Å²) in [5.74, 6) is -0.754. The van der Waals surface area contributed by atoms with E-state index in [-0.39, 0.29) is 16.8 Å². The zero-order chi connectivity index (χ0) is 10.7. The third kappa shape index (κ3) is 2.77. The van der Waals surface area contributed by atoms with Gasteiger partial charge in [0.2, 0.25) is 0 Å². The average Bonchev–Trinajstić information content (AvgIpc) is 2.01. The maximum absolute atomic E-state index is 10.4. The summed E-state index contributed by atoms with van der Waals surface area (Å²) in [6.07, 6.45) is 0. The van der Waals surface area contributed by atoms with Gasteiger partial charge in [0.15, 0.2) is 5.16 Å². The molecule has 6 nitrogen and oxygen atoms in total. The van der Waals surface area contributed by atoms with Gasteiger partial charge in [-0.2, -0.15) is 0 Å². The van der Waals surface area contributed by atoms with Gasteiger partial charge in [0.05, 0.1) is 5.97 Å². The molecule has 0 saturated heterocycles. The molecule has 0 aromatic carbocycles. The van der Waals surface area contributed by atoms with Crippen LogP contribution in [0, 0.1) is 0 Å². The normalized spacial score (nSPS) is 12.4. The van der Waals surface area contributed by atoms with E-state index in [0.717, 1.165) is 11.8 Å². The van der Waals surface area contributed by atoms with Crippen LogP contribution in [0.15, 0.2) is 11.2 Å². The highest BCUT2D eigenvalue weighted by Crippen LogP contribution is 2.20. The maximum Gasteiger partial charge on any atom is 0.192 e. The lowest BCUT2D eigenvalue weighted by Crippen LogP contribution is -2.31. The van der Waals surface area contributed by atoms with Gasteiger partial charge in [-0.25, -0.2) is 9.97 Å². The molecule has 0 aliphatic carbocycles. The van der Waals surface area contributed by atoms with E-state index in [1.54, 1.807) is 0 Å². The van der Waals surface area contributed by atoms with Gasteiger partial charge in [0.25, 0.3) is 0 Å². The fraction of sp³-hybridized carbons (Fsp3) is 0.286. The van der Waals surface area contributed by atoms with Crippen molar-refractivity contribution >= 4 is 29.4 Å². The van der Waals surface area contributed by atoms with Crippen LogP contribution >= 0.6 is 11.8 Å². The number of aliphatic carboxylic acids is 1. The minimum absolute atomic E-state index is 0.213. The van der Waals surface area contributed by atoms with E-state index >= 15 is 0 Å². The highest BCUT2D eigenvalue weighted by Gasteiger charge is 2.08. The van der Waals surface area contributed by atoms with E-state index in [4.69, 9.17) is 11.5 Å². The Hall–Kier alpha value is -1.50. The summed E-state index contributed by atoms with van der Waals surface area (Å²) in [6.45, 7) is 1.47. The molecule has 0 fully saturated rings. The first kappa shape index (κ1) is 10.6. The van der Waals surface area contributed by atoms with E-state index in [0.29, 0.717) is 0 Å². The Morgan fingerprint density at radius 3 is 2.43 bits per heavy atom. The fourth-order valence-corrected chi connectivity index (χ4v) is 1.45. The van der Waals surface area contributed by atoms with Crippen molar-refractivity contribution in [2.24, 2.45) is 0 Å². The molecule has 14 heavy (non-hydrogen) atoms. The highest BCUT2D eigenvalue weighted by molar-refractivity contribution is 8.00. The van der Waals surface area contributed by atoms with Gasteiger partial charge in [-0.15, -0.1) is 0 Å². The molecule has 1 heterocycles. The van der Waals surface area contributed by atoms with Crippen molar-refractivity contribution < 1.29 is 9.90 Å². The SMILES string of the molecule is CC(Sc1nc(N)cc(N)n1)C(=O)[O-]. The molecule has 1 aromatic heterocycles. The summed E-state index contributed by atoms with van der Waals surface area (Å²) < 4.78 is 0. The number of nitrogens with zero attached hydrogens (tertiary/aromatic N) is 2. The standard InChI is InChI=1S/C7H10N4O2S/c1-3(6(12)13)14-7-10-4(8)2-5(9)11-7/h2-3H,1H3,(H,12,13)(H4,8,9,10,11)/p-1. The summed E-state index contributed by atoms with van der Waals surface area (Å²) in [4.78, 5) is 18.1. The number of carboxylic acids is 1. The molecule has 1 aromatic rings. The van der Waals surface area contributed by atoms with Gasteiger partial charge in [-0.1, -0.05) is 11.8 Å². The topological polar surface area (TPSA) is 118 Å². The van der Waals surface area contributed by atoms with Crippen LogP contribution in [0.5, 0.6) is 0 Å². The molecule has 0 bridgehead atoms. The maximum atomic E-state index is 10.4. The van der Waals surface area contributed by atoms with Crippen molar-refractivity contribution in [3.8, 4) is 0 Å². The van der Waals surface area contributed by atoms with Crippen molar-refractivity contribution in [1.82, 2.24) is 9.97 Å². The Balaban J connectivity index is 2.81. The van der Waals surface area contributed by atoms with Crippen LogP contribution in [0.4, 0.5) is 11.6 Å². The Morgan fingerprint density at radius 1 is 1.50 bits per heavy atom. The van der Waals surface area contributed by atoms with Crippen LogP contribution in [0.1, 0.15) is 6.92 Å². The number of carbonyl (C=O) groups excluding carboxylic acids is 1. The molecular formula is C7H9N4O2S-. The third-order valence-corrected chi connectivity index (χ3v) is 2.30. The molecule has 0 amide bonds. The largest absolute Gasteiger partial charge is 0.549 e. The fourth-order valence-electron chi connectivity index (χ4n) is 0.721. The number of aromatic nitrogens is 2. The molecule has 1 rings (SSSR count). The van der Waals surface area contributed by atoms with Gasteiger partial charge >= 0.3 is 0 Å². The summed E-state index contributed by atoms with van der Waals surface area (Å²) in [6, 6.07) is 1.40. The summed E-state index contributed by atoms with van der Waals surface area (Å²) in [5.41, 5.74) is 10.8. The van der Waals surface area contributed by atoms with Gasteiger partial charge in [0.1, 0.15) is 11.6 Å². The van der Waals surface area contributed by atoms with E-state index in [2.05, 4.69) is 9.97 Å². The second kappa shape index (κ2) is 4.14. The summed E-state index contributed by atoms with van der Waals surface area (Å²) >= 11 is 0.936. The Kier molecular flexibility index (Phi) is 3.13. The van der Waals surface area contributed by atoms with Crippen LogP contribution in [0.3, 0.4) is 0 Å². The second-order valence-corrected chi connectivity index (χ2v) is 3.89. The molecule has 0 aliphatic heterocycles. The predicted octanol–water partition coefficient (Wildman–Crippen LogP) is -1.13. The average molecular weight is 213 g/mol. The van der Waals surface area contributed by atoms with E-state index in [1.807, 2.05) is 0 Å². The number of rotatable bonds is 3. The lowest BCUT2D eigenvalue weighted by Gasteiger charge is -2.10. The van der Waals surface area contributed by atoms with Crippen LogP contribution < -0.4 is 16.6 Å². The minimum Gasteiger partial charge on any atom is -0.549 e. The number of anilines is 2. The first-order valence-electron chi connectivity index (χ1n) is 3.76. The van der Waals surface area contributed by atoms with Crippen molar-refractivity contribution in [2.75, 3.05) is 11.5 Å². The number of thioether (sulfide) groups is 1. The van der Waals surface area contributed by atoms with Crippen molar-refractivity contribution in [3.63, 3.8) is 0 Å². The molecule has 4 N–H and O–H groups in total. The Labute approximate surface area is 84.7 Å². The van der Waals surface area contributed by atoms with Crippen LogP contribution in [0.2, 0.25) is 0 Å². The molecular weight excluding hydrogens is 204 g/mol. The Morgan fingerprint density at radius 2 is 2.00 bits per heavy atom. The van der Waals surface area contributed by atoms with Crippen LogP contribution in [-0.2, 0) is 4.79 Å². The quantitative estimate of drug-likeness (QED) is 0.481. The van der Waals surface area contributed by atoms with Crippen LogP contribution in [-0.4, -0.2) is 21.2 Å². The number of carbonyl (C=O) groups is 1. The summed E-state index contributed by atoms with van der Waals surface area (Å²) in [5, 5.41) is 9.92. The summed E-state index contributed by atoms with van der Waals surface area (Å²) in [7, 11) is 0. The third-order valence-electron chi connectivity index (χ3n) is 1.36. The first-order valence-corrected chi connectivity index (χ1v) is 4.64. The molecule has 76 valence electrons. The minimum atomic E-state index is -1.18. The van der Waals surface area contributed by atoms with Gasteiger partial charge in [-0.05, 0) is 6.92 Å². The van der Waals surface area contributed by atoms with Crippen molar-refractivity contribution in [3.05, 3.63) is 6.07 Å². The van der Waals surface area contributed by atoms with Gasteiger partial charge in [-0.3, -0.25) is 0 Å². The number of hydrogen-bond donors (Lipinski definition) is 2. The lowest BCUT2D eigenvalue weighted by atomic mass is 10.5. The Bertz CT molecular complexity index is 337. The van der Waals surface area contributed by atoms with E-state index in [1.165, 1.54) is 13.0 Å². The van der Waals surface area contributed by atoms with Gasteiger partial charge in [0, 0.05) is 11.3 Å². The first-order chi connectivity index (χ1) is 6.49. The van der Waals surface area contributed by atoms with Crippen molar-refractivity contribution in [2.45, 2.75) is 17.3 Å². The zero-order valence-corrected chi connectivity index (χ0v) is 8.25. The van der Waals surface area contributed by atoms with Gasteiger partial charge < -0.3 is 21.4 Å². The number of nitrogens with two attached hydrogens (primary N) is 2. The molecule has 0 spiro atoms. The molecule has 0 saturated carbocycles. The van der Waals surface area contributed by atoms with E-state index < -0.39 is 11.2 Å². The highest BCUT2D eigenvalue weighted by atomic mass is 32.2. The molecule has 0 aliphatic rings. The van der Waals surface area contributed by atoms with Crippen molar-refractivity contribution in [1.29, 1.82) is 0 Å². The smallest absolute Gasteiger partial charge is 0.192 e.